The van der Waals surface area contributed by atoms with Gasteiger partial charge in [0.05, 0.1) is 19.8 Å². The van der Waals surface area contributed by atoms with Crippen LogP contribution in [0.2, 0.25) is 0 Å². The Morgan fingerprint density at radius 1 is 1.44 bits per heavy atom. The normalized spacial score (nSPS) is 10.4. The van der Waals surface area contributed by atoms with Crippen molar-refractivity contribution in [1.29, 1.82) is 0 Å². The molecule has 0 aliphatic rings. The predicted molar refractivity (Wildman–Crippen MR) is 68.9 cm³/mol. The molecule has 1 heterocycles. The van der Waals surface area contributed by atoms with Crippen LogP contribution in [0.15, 0.2) is 0 Å². The first kappa shape index (κ1) is 14.7. The zero-order valence-electron chi connectivity index (χ0n) is 10.1. The van der Waals surface area contributed by atoms with Crippen molar-refractivity contribution in [2.75, 3.05) is 43.5 Å². The topological polar surface area (TPSA) is 109 Å². The van der Waals surface area contributed by atoms with E-state index in [2.05, 4.69) is 4.37 Å². The molecule has 0 aromatic carbocycles. The summed E-state index contributed by atoms with van der Waals surface area (Å²) >= 11 is 1.05. The zero-order valence-corrected chi connectivity index (χ0v) is 10.9. The number of aliphatic hydroxyl groups excluding tert-OH is 2. The number of ether oxygens (including phenoxy) is 1. The first-order chi connectivity index (χ1) is 8.65. The van der Waals surface area contributed by atoms with Crippen LogP contribution < -0.4 is 10.6 Å². The fraction of sp³-hybridized carbons (Fsp3) is 0.600. The second kappa shape index (κ2) is 7.14. The maximum atomic E-state index is 11.8. The number of anilines is 2. The van der Waals surface area contributed by atoms with Crippen molar-refractivity contribution in [2.45, 2.75) is 6.92 Å². The van der Waals surface area contributed by atoms with Crippen molar-refractivity contribution in [2.24, 2.45) is 0 Å². The average Bonchev–Trinajstić information content (AvgIpc) is 2.71. The lowest BCUT2D eigenvalue weighted by Crippen LogP contribution is -2.30. The van der Waals surface area contributed by atoms with E-state index in [0.717, 1.165) is 11.5 Å². The second-order valence-electron chi connectivity index (χ2n) is 3.40. The highest BCUT2D eigenvalue weighted by Gasteiger charge is 2.24. The van der Waals surface area contributed by atoms with Gasteiger partial charge in [0.2, 0.25) is 0 Å². The molecule has 0 aliphatic carbocycles. The molecule has 0 unspecified atom stereocenters. The zero-order chi connectivity index (χ0) is 13.5. The molecule has 0 aliphatic heterocycles. The maximum Gasteiger partial charge on any atom is 0.345 e. The van der Waals surface area contributed by atoms with Crippen LogP contribution in [0.1, 0.15) is 17.3 Å². The third kappa shape index (κ3) is 3.31. The molecule has 0 saturated heterocycles. The molecule has 0 spiro atoms. The predicted octanol–water partition coefficient (Wildman–Crippen LogP) is -0.307. The molecule has 7 nitrogen and oxygen atoms in total. The van der Waals surface area contributed by atoms with E-state index in [1.54, 1.807) is 11.8 Å². The van der Waals surface area contributed by atoms with E-state index < -0.39 is 5.97 Å². The molecule has 1 aromatic rings. The monoisotopic (exact) mass is 275 g/mol. The van der Waals surface area contributed by atoms with Gasteiger partial charge in [0.15, 0.2) is 5.82 Å². The fourth-order valence-corrected chi connectivity index (χ4v) is 2.31. The van der Waals surface area contributed by atoms with Crippen LogP contribution >= 0.6 is 11.5 Å². The van der Waals surface area contributed by atoms with Crippen LogP contribution in [0.3, 0.4) is 0 Å². The van der Waals surface area contributed by atoms with Gasteiger partial charge in [-0.25, -0.2) is 4.79 Å². The molecular weight excluding hydrogens is 258 g/mol. The van der Waals surface area contributed by atoms with Gasteiger partial charge >= 0.3 is 5.97 Å². The smallest absolute Gasteiger partial charge is 0.345 e. The highest BCUT2D eigenvalue weighted by Crippen LogP contribution is 2.31. The van der Waals surface area contributed by atoms with E-state index in [1.165, 1.54) is 0 Å². The molecule has 0 bridgehead atoms. The number of nitrogens with two attached hydrogens (primary N) is 1. The van der Waals surface area contributed by atoms with Crippen molar-refractivity contribution in [1.82, 2.24) is 4.37 Å². The first-order valence-corrected chi connectivity index (χ1v) is 6.31. The van der Waals surface area contributed by atoms with Gasteiger partial charge < -0.3 is 25.6 Å². The van der Waals surface area contributed by atoms with Crippen molar-refractivity contribution in [3.8, 4) is 0 Å². The van der Waals surface area contributed by atoms with Crippen molar-refractivity contribution in [3.63, 3.8) is 0 Å². The Kier molecular flexibility index (Phi) is 5.83. The van der Waals surface area contributed by atoms with Crippen molar-refractivity contribution < 1.29 is 19.7 Å². The Labute approximate surface area is 109 Å². The lowest BCUT2D eigenvalue weighted by atomic mass is 10.3. The molecule has 0 fully saturated rings. The van der Waals surface area contributed by atoms with Crippen LogP contribution in [0, 0.1) is 0 Å². The molecule has 0 amide bonds. The summed E-state index contributed by atoms with van der Waals surface area (Å²) in [7, 11) is 0. The Morgan fingerprint density at radius 2 is 2.06 bits per heavy atom. The minimum Gasteiger partial charge on any atom is -0.462 e. The number of hydrogen-bond acceptors (Lipinski definition) is 8. The van der Waals surface area contributed by atoms with Crippen molar-refractivity contribution in [3.05, 3.63) is 5.56 Å². The van der Waals surface area contributed by atoms with Gasteiger partial charge in [0.25, 0.3) is 0 Å². The van der Waals surface area contributed by atoms with Crippen LogP contribution in [-0.2, 0) is 4.74 Å². The van der Waals surface area contributed by atoms with Gasteiger partial charge in [-0.1, -0.05) is 0 Å². The summed E-state index contributed by atoms with van der Waals surface area (Å²) < 4.78 is 8.83. The summed E-state index contributed by atoms with van der Waals surface area (Å²) in [4.78, 5) is 13.4. The van der Waals surface area contributed by atoms with Crippen LogP contribution in [0.5, 0.6) is 0 Å². The number of carbonyl (C=O) groups is 1. The summed E-state index contributed by atoms with van der Waals surface area (Å²) in [5.74, 6) is -0.436. The molecule has 4 N–H and O–H groups in total. The van der Waals surface area contributed by atoms with Gasteiger partial charge in [-0.3, -0.25) is 0 Å². The Bertz CT molecular complexity index is 390. The molecule has 0 radical (unpaired) electrons. The molecule has 1 rings (SSSR count). The van der Waals surface area contributed by atoms with E-state index in [4.69, 9.17) is 20.7 Å². The molecule has 102 valence electrons. The standard InChI is InChI=1S/C10H17N3O4S/c1-2-17-10(16)7-8(11)12-18-9(7)13(3-5-14)4-6-15/h14-15H,2-6H2,1H3,(H2,11,12). The van der Waals surface area contributed by atoms with E-state index in [-0.39, 0.29) is 44.3 Å². The van der Waals surface area contributed by atoms with Crippen LogP contribution in [-0.4, -0.2) is 53.5 Å². The van der Waals surface area contributed by atoms with Gasteiger partial charge in [-0.05, 0) is 18.5 Å². The molecule has 0 saturated carbocycles. The highest BCUT2D eigenvalue weighted by molar-refractivity contribution is 7.11. The fourth-order valence-electron chi connectivity index (χ4n) is 1.46. The maximum absolute atomic E-state index is 11.8. The van der Waals surface area contributed by atoms with E-state index in [1.807, 2.05) is 0 Å². The lowest BCUT2D eigenvalue weighted by molar-refractivity contribution is 0.0528. The van der Waals surface area contributed by atoms with Gasteiger partial charge in [-0.2, -0.15) is 4.37 Å². The largest absolute Gasteiger partial charge is 0.462 e. The van der Waals surface area contributed by atoms with Gasteiger partial charge in [-0.15, -0.1) is 0 Å². The molecule has 1 aromatic heterocycles. The van der Waals surface area contributed by atoms with Crippen LogP contribution in [0.4, 0.5) is 10.8 Å². The quantitative estimate of drug-likeness (QED) is 0.586. The number of rotatable bonds is 7. The molecular formula is C10H17N3O4S. The number of hydrogen-bond donors (Lipinski definition) is 3. The Morgan fingerprint density at radius 3 is 2.56 bits per heavy atom. The number of carbonyl (C=O) groups excluding carboxylic acids is 1. The summed E-state index contributed by atoms with van der Waals surface area (Å²) in [5.41, 5.74) is 5.85. The minimum absolute atomic E-state index is 0.0972. The van der Waals surface area contributed by atoms with E-state index in [9.17, 15) is 4.79 Å². The molecule has 0 atom stereocenters. The van der Waals surface area contributed by atoms with Crippen LogP contribution in [0.25, 0.3) is 0 Å². The SMILES string of the molecule is CCOC(=O)c1c(N)nsc1N(CCO)CCO. The highest BCUT2D eigenvalue weighted by atomic mass is 32.1. The first-order valence-electron chi connectivity index (χ1n) is 5.54. The third-order valence-corrected chi connectivity index (χ3v) is 3.13. The number of nitrogens with zero attached hydrogens (tertiary/aromatic N) is 2. The lowest BCUT2D eigenvalue weighted by Gasteiger charge is -2.21. The minimum atomic E-state index is -0.542. The summed E-state index contributed by atoms with van der Waals surface area (Å²) in [6, 6.07) is 0. The van der Waals surface area contributed by atoms with Gasteiger partial charge in [0, 0.05) is 13.1 Å². The molecule has 18 heavy (non-hydrogen) atoms. The number of nitrogen functional groups attached to an aromatic ring is 1. The number of esters is 1. The summed E-state index contributed by atoms with van der Waals surface area (Å²) in [5, 5.41) is 18.5. The Balaban J connectivity index is 3.02. The van der Waals surface area contributed by atoms with Gasteiger partial charge in [0.1, 0.15) is 10.6 Å². The number of aliphatic hydroxyl groups is 2. The Hall–Kier alpha value is -1.38. The summed E-state index contributed by atoms with van der Waals surface area (Å²) in [6.45, 7) is 2.32. The molecule has 8 heteroatoms. The number of aromatic nitrogens is 1. The van der Waals surface area contributed by atoms with E-state index >= 15 is 0 Å². The third-order valence-electron chi connectivity index (χ3n) is 2.21. The average molecular weight is 275 g/mol. The summed E-state index contributed by atoms with van der Waals surface area (Å²) in [6.07, 6.45) is 0. The van der Waals surface area contributed by atoms with E-state index in [0.29, 0.717) is 5.00 Å². The van der Waals surface area contributed by atoms with Crippen molar-refractivity contribution >= 4 is 28.3 Å². The second-order valence-corrected chi connectivity index (χ2v) is 4.15.